The molecule has 102 valence electrons. The lowest BCUT2D eigenvalue weighted by Gasteiger charge is -2.07. The van der Waals surface area contributed by atoms with Gasteiger partial charge in [-0.25, -0.2) is 4.98 Å². The number of pyridine rings is 1. The number of aromatic nitrogens is 2. The molecule has 1 aromatic carbocycles. The smallest absolute Gasteiger partial charge is 0.140 e. The van der Waals surface area contributed by atoms with Crippen molar-refractivity contribution >= 4 is 21.6 Å². The quantitative estimate of drug-likeness (QED) is 0.708. The summed E-state index contributed by atoms with van der Waals surface area (Å²) in [7, 11) is 0. The van der Waals surface area contributed by atoms with Crippen LogP contribution >= 0.6 is 15.9 Å². The molecule has 0 atom stereocenters. The number of ether oxygens (including phenoxy) is 1. The minimum atomic E-state index is 0.648. The zero-order valence-electron chi connectivity index (χ0n) is 11.4. The molecule has 0 radical (unpaired) electrons. The lowest BCUT2D eigenvalue weighted by Crippen LogP contribution is -1.93. The Morgan fingerprint density at radius 3 is 2.85 bits per heavy atom. The van der Waals surface area contributed by atoms with Gasteiger partial charge in [-0.15, -0.1) is 0 Å². The molecule has 0 bridgehead atoms. The van der Waals surface area contributed by atoms with Crippen LogP contribution < -0.4 is 4.74 Å². The molecular formula is C16H15BrN2O. The topological polar surface area (TPSA) is 26.5 Å². The zero-order chi connectivity index (χ0) is 14.1. The lowest BCUT2D eigenvalue weighted by atomic mass is 10.1. The number of hydrogen-bond donors (Lipinski definition) is 0. The summed E-state index contributed by atoms with van der Waals surface area (Å²) in [6, 6.07) is 10.1. The zero-order valence-corrected chi connectivity index (χ0v) is 13.0. The van der Waals surface area contributed by atoms with Crippen molar-refractivity contribution < 1.29 is 4.74 Å². The molecule has 4 heteroatoms. The lowest BCUT2D eigenvalue weighted by molar-refractivity contribution is 0.341. The van der Waals surface area contributed by atoms with E-state index in [4.69, 9.17) is 9.72 Å². The average Bonchev–Trinajstić information content (AvgIpc) is 2.83. The number of hydrogen-bond acceptors (Lipinski definition) is 2. The SMILES string of the molecule is CCOc1ccccc1-c1cn2cc(Br)cc(C)c2n1. The standard InChI is InChI=1S/C16H15BrN2O/c1-3-20-15-7-5-4-6-13(15)14-10-19-9-12(17)8-11(2)16(19)18-14/h4-10H,3H2,1-2H3. The molecule has 0 saturated heterocycles. The van der Waals surface area contributed by atoms with Crippen LogP contribution in [0.1, 0.15) is 12.5 Å². The number of para-hydroxylation sites is 1. The summed E-state index contributed by atoms with van der Waals surface area (Å²) >= 11 is 3.51. The minimum absolute atomic E-state index is 0.648. The first-order chi connectivity index (χ1) is 9.69. The second-order valence-electron chi connectivity index (χ2n) is 4.63. The molecule has 0 aliphatic carbocycles. The van der Waals surface area contributed by atoms with Gasteiger partial charge in [0, 0.05) is 22.4 Å². The van der Waals surface area contributed by atoms with Gasteiger partial charge in [-0.1, -0.05) is 12.1 Å². The summed E-state index contributed by atoms with van der Waals surface area (Å²) in [5.41, 5.74) is 4.05. The monoisotopic (exact) mass is 330 g/mol. The number of aryl methyl sites for hydroxylation is 1. The van der Waals surface area contributed by atoms with Gasteiger partial charge in [0.2, 0.25) is 0 Å². The van der Waals surface area contributed by atoms with Crippen LogP contribution in [-0.2, 0) is 0 Å². The van der Waals surface area contributed by atoms with Crippen LogP contribution in [0.15, 0.2) is 47.2 Å². The summed E-state index contributed by atoms with van der Waals surface area (Å²) in [5.74, 6) is 0.870. The third-order valence-corrected chi connectivity index (χ3v) is 3.60. The van der Waals surface area contributed by atoms with E-state index in [9.17, 15) is 0 Å². The molecule has 2 aromatic heterocycles. The van der Waals surface area contributed by atoms with Gasteiger partial charge in [-0.3, -0.25) is 0 Å². The molecule has 0 aliphatic heterocycles. The van der Waals surface area contributed by atoms with Crippen molar-refractivity contribution in [3.63, 3.8) is 0 Å². The molecule has 3 nitrogen and oxygen atoms in total. The highest BCUT2D eigenvalue weighted by Gasteiger charge is 2.11. The van der Waals surface area contributed by atoms with Crippen molar-refractivity contribution in [1.82, 2.24) is 9.38 Å². The molecule has 0 unspecified atom stereocenters. The van der Waals surface area contributed by atoms with Gasteiger partial charge >= 0.3 is 0 Å². The van der Waals surface area contributed by atoms with Gasteiger partial charge in [-0.2, -0.15) is 0 Å². The molecule has 0 saturated carbocycles. The van der Waals surface area contributed by atoms with E-state index < -0.39 is 0 Å². The van der Waals surface area contributed by atoms with E-state index >= 15 is 0 Å². The normalized spacial score (nSPS) is 10.9. The Bertz CT molecular complexity index is 764. The first-order valence-corrected chi connectivity index (χ1v) is 7.35. The fourth-order valence-electron chi connectivity index (χ4n) is 2.31. The molecule has 20 heavy (non-hydrogen) atoms. The van der Waals surface area contributed by atoms with Crippen molar-refractivity contribution in [3.8, 4) is 17.0 Å². The highest BCUT2D eigenvalue weighted by Crippen LogP contribution is 2.30. The second-order valence-corrected chi connectivity index (χ2v) is 5.54. The molecule has 0 N–H and O–H groups in total. The maximum absolute atomic E-state index is 5.68. The summed E-state index contributed by atoms with van der Waals surface area (Å²) in [6.07, 6.45) is 4.05. The van der Waals surface area contributed by atoms with Gasteiger partial charge in [0.05, 0.1) is 12.3 Å². The van der Waals surface area contributed by atoms with Crippen LogP contribution in [0.25, 0.3) is 16.9 Å². The van der Waals surface area contributed by atoms with Crippen molar-refractivity contribution in [3.05, 3.63) is 52.8 Å². The van der Waals surface area contributed by atoms with Gasteiger partial charge in [0.1, 0.15) is 11.4 Å². The Morgan fingerprint density at radius 1 is 1.25 bits per heavy atom. The second kappa shape index (κ2) is 5.29. The Balaban J connectivity index is 2.18. The number of imidazole rings is 1. The van der Waals surface area contributed by atoms with E-state index in [1.165, 1.54) is 0 Å². The summed E-state index contributed by atoms with van der Waals surface area (Å²) in [4.78, 5) is 4.73. The van der Waals surface area contributed by atoms with Crippen molar-refractivity contribution in [1.29, 1.82) is 0 Å². The molecule has 0 fully saturated rings. The van der Waals surface area contributed by atoms with Crippen LogP contribution in [0.2, 0.25) is 0 Å². The van der Waals surface area contributed by atoms with E-state index in [0.29, 0.717) is 6.61 Å². The predicted octanol–water partition coefficient (Wildman–Crippen LogP) is 4.47. The van der Waals surface area contributed by atoms with E-state index in [-0.39, 0.29) is 0 Å². The van der Waals surface area contributed by atoms with Crippen LogP contribution in [0.5, 0.6) is 5.75 Å². The highest BCUT2D eigenvalue weighted by atomic mass is 79.9. The Labute approximate surface area is 126 Å². The Hall–Kier alpha value is -1.81. The Morgan fingerprint density at radius 2 is 2.05 bits per heavy atom. The van der Waals surface area contributed by atoms with E-state index in [1.807, 2.05) is 48.0 Å². The number of benzene rings is 1. The molecule has 0 aliphatic rings. The van der Waals surface area contributed by atoms with Gasteiger partial charge in [-0.05, 0) is 53.5 Å². The molecule has 0 spiro atoms. The third kappa shape index (κ3) is 2.31. The molecule has 3 aromatic rings. The van der Waals surface area contributed by atoms with Crippen molar-refractivity contribution in [2.45, 2.75) is 13.8 Å². The first kappa shape index (κ1) is 13.2. The number of halogens is 1. The number of rotatable bonds is 3. The number of nitrogens with zero attached hydrogens (tertiary/aromatic N) is 2. The fraction of sp³-hybridized carbons (Fsp3) is 0.188. The largest absolute Gasteiger partial charge is 0.493 e. The highest BCUT2D eigenvalue weighted by molar-refractivity contribution is 9.10. The third-order valence-electron chi connectivity index (χ3n) is 3.16. The van der Waals surface area contributed by atoms with Gasteiger partial charge in [0.25, 0.3) is 0 Å². The minimum Gasteiger partial charge on any atom is -0.493 e. The van der Waals surface area contributed by atoms with Crippen LogP contribution in [0.3, 0.4) is 0 Å². The van der Waals surface area contributed by atoms with Crippen LogP contribution in [0, 0.1) is 6.92 Å². The molecular weight excluding hydrogens is 316 g/mol. The van der Waals surface area contributed by atoms with E-state index in [0.717, 1.165) is 32.7 Å². The van der Waals surface area contributed by atoms with E-state index in [1.54, 1.807) is 0 Å². The van der Waals surface area contributed by atoms with Crippen LogP contribution in [0.4, 0.5) is 0 Å². The first-order valence-electron chi connectivity index (χ1n) is 6.56. The van der Waals surface area contributed by atoms with Gasteiger partial charge in [0.15, 0.2) is 0 Å². The maximum Gasteiger partial charge on any atom is 0.140 e. The molecule has 2 heterocycles. The van der Waals surface area contributed by atoms with Crippen molar-refractivity contribution in [2.75, 3.05) is 6.61 Å². The number of fused-ring (bicyclic) bond motifs is 1. The fourth-order valence-corrected chi connectivity index (χ4v) is 2.88. The average molecular weight is 331 g/mol. The van der Waals surface area contributed by atoms with E-state index in [2.05, 4.69) is 28.9 Å². The predicted molar refractivity (Wildman–Crippen MR) is 84.2 cm³/mol. The maximum atomic E-state index is 5.68. The summed E-state index contributed by atoms with van der Waals surface area (Å²) in [5, 5.41) is 0. The van der Waals surface area contributed by atoms with Crippen LogP contribution in [-0.4, -0.2) is 16.0 Å². The summed E-state index contributed by atoms with van der Waals surface area (Å²) in [6.45, 7) is 4.70. The summed E-state index contributed by atoms with van der Waals surface area (Å²) < 4.78 is 8.77. The van der Waals surface area contributed by atoms with Crippen molar-refractivity contribution in [2.24, 2.45) is 0 Å². The van der Waals surface area contributed by atoms with Gasteiger partial charge < -0.3 is 9.14 Å². The molecule has 3 rings (SSSR count). The molecule has 0 amide bonds. The Kier molecular flexibility index (Phi) is 3.49.